The number of aromatic nitrogens is 4. The summed E-state index contributed by atoms with van der Waals surface area (Å²) in [5.74, 6) is 4.74. The molecule has 0 saturated carbocycles. The summed E-state index contributed by atoms with van der Waals surface area (Å²) in [6, 6.07) is 24.6. The topological polar surface area (TPSA) is 257 Å². The zero-order chi connectivity index (χ0) is 90.0. The third-order valence-corrected chi connectivity index (χ3v) is 12.9. The van der Waals surface area contributed by atoms with Crippen LogP contribution in [0.4, 0.5) is 101 Å². The molecule has 0 N–H and O–H groups in total. The number of hydrogen-bond acceptors (Lipinski definition) is 22. The van der Waals surface area contributed by atoms with Gasteiger partial charge in [-0.1, -0.05) is 24.3 Å². The SMILES string of the molecule is CC#N.CC1(C)COC(c2cccc(C3=NC(C)(C)CO3)n2)=N1.CC1(C)COC(c2cccc(C3=NC(C)(C)CO3)n2)=N1.CC1(C)COC(c2cccc(C3=NC(C)(C)CO3)n2)=N1.CC1(C)COC(c2cccc(C3=NC(C)(C)CO3)n2)=N1.CCOCC.F[P-](F)(F)(F)(F)F.F[P-](F)(F)(F)(F)F.F[P-](F)(F)(F)(F)F.F[P-](F)(F)(F)(F)F.[Fe+2].[Fe+2]. The quantitative estimate of drug-likeness (QED) is 0.0813. The Morgan fingerprint density at radius 1 is 0.271 bits per heavy atom. The number of nitriles is 1. The van der Waals surface area contributed by atoms with Crippen molar-refractivity contribution in [3.63, 3.8) is 0 Å². The van der Waals surface area contributed by atoms with Crippen LogP contribution >= 0.6 is 31.2 Å². The van der Waals surface area contributed by atoms with E-state index >= 15 is 0 Å². The van der Waals surface area contributed by atoms with Gasteiger partial charge in [-0.25, -0.2) is 59.9 Å². The van der Waals surface area contributed by atoms with Gasteiger partial charge in [0.05, 0.1) is 50.4 Å². The molecule has 8 aliphatic heterocycles. The summed E-state index contributed by atoms with van der Waals surface area (Å²) < 4.78 is 287. The van der Waals surface area contributed by atoms with Crippen LogP contribution in [0.15, 0.2) is 113 Å². The zero-order valence-corrected chi connectivity index (χ0v) is 72.3. The Labute approximate surface area is 684 Å². The second-order valence-corrected chi connectivity index (χ2v) is 38.3. The fourth-order valence-electron chi connectivity index (χ4n) is 8.62. The van der Waals surface area contributed by atoms with Crippen LogP contribution in [-0.4, -0.2) is 177 Å². The number of halogens is 24. The van der Waals surface area contributed by atoms with E-state index in [9.17, 15) is 101 Å². The van der Waals surface area contributed by atoms with E-state index in [0.717, 1.165) is 58.8 Å². The second-order valence-electron chi connectivity index (χ2n) is 30.6. The van der Waals surface area contributed by atoms with Crippen molar-refractivity contribution in [2.45, 2.75) is 176 Å². The molecule has 0 aliphatic carbocycles. The fraction of sp³-hybridized carbons (Fsp3) is 0.561. The molecule has 4 aromatic heterocycles. The van der Waals surface area contributed by atoms with Crippen molar-refractivity contribution in [1.29, 1.82) is 5.26 Å². The Hall–Kier alpha value is -7.11. The van der Waals surface area contributed by atoms with Gasteiger partial charge < -0.3 is 42.6 Å². The Morgan fingerprint density at radius 2 is 0.364 bits per heavy atom. The molecule has 0 unspecified atom stereocenters. The van der Waals surface area contributed by atoms with Crippen LogP contribution in [0.3, 0.4) is 0 Å². The van der Waals surface area contributed by atoms with E-state index in [-0.39, 0.29) is 78.4 Å². The van der Waals surface area contributed by atoms with Gasteiger partial charge in [-0.15, -0.1) is 0 Å². The minimum absolute atomic E-state index is 0. The van der Waals surface area contributed by atoms with E-state index in [4.69, 9.17) is 47.9 Å². The first kappa shape index (κ1) is 109. The van der Waals surface area contributed by atoms with Crippen LogP contribution < -0.4 is 0 Å². The minimum Gasteiger partial charge on any atom is 2.00 e. The number of ether oxygens (including phenoxy) is 9. The molecule has 0 spiro atoms. The molecule has 52 heteroatoms. The first-order chi connectivity index (χ1) is 51.0. The summed E-state index contributed by atoms with van der Waals surface area (Å²) in [6.45, 7) is 44.4. The smallest absolute Gasteiger partial charge is 2.00 e. The summed E-state index contributed by atoms with van der Waals surface area (Å²) in [5.41, 5.74) is 4.33. The zero-order valence-electron chi connectivity index (χ0n) is 66.6. The van der Waals surface area contributed by atoms with Gasteiger partial charge in [0.15, 0.2) is 0 Å². The Morgan fingerprint density at radius 3 is 0.424 bits per heavy atom. The van der Waals surface area contributed by atoms with Gasteiger partial charge in [0.25, 0.3) is 0 Å². The maximum Gasteiger partial charge on any atom is 2.00 e. The number of aliphatic imine (C=N–C) groups is 8. The van der Waals surface area contributed by atoms with Crippen molar-refractivity contribution in [1.82, 2.24) is 19.9 Å². The summed E-state index contributed by atoms with van der Waals surface area (Å²) in [5, 5.41) is 7.32. The van der Waals surface area contributed by atoms with Crippen LogP contribution in [0.5, 0.6) is 0 Å². The Bertz CT molecular complexity index is 3710. The second kappa shape index (κ2) is 35.0. The van der Waals surface area contributed by atoms with Gasteiger partial charge in [0.1, 0.15) is 98.4 Å². The monoisotopic (exact) mass is 1900 g/mol. The largest absolute Gasteiger partial charge is 2.00 e. The van der Waals surface area contributed by atoms with Gasteiger partial charge in [-0.3, -0.25) is 0 Å². The molecular formula is C66H89F24Fe2N13O9P4. The van der Waals surface area contributed by atoms with E-state index in [1.165, 1.54) is 6.92 Å². The van der Waals surface area contributed by atoms with Gasteiger partial charge >= 0.3 is 166 Å². The average molecular weight is 1900 g/mol. The predicted octanol–water partition coefficient (Wildman–Crippen LogP) is 23.9. The van der Waals surface area contributed by atoms with Crippen molar-refractivity contribution in [2.75, 3.05) is 66.1 Å². The third-order valence-electron chi connectivity index (χ3n) is 12.9. The summed E-state index contributed by atoms with van der Waals surface area (Å²) in [6.07, 6.45) is 0. The predicted molar refractivity (Wildman–Crippen MR) is 397 cm³/mol. The van der Waals surface area contributed by atoms with Crippen molar-refractivity contribution < 1.29 is 177 Å². The van der Waals surface area contributed by atoms with Crippen LogP contribution in [0.25, 0.3) is 0 Å². The van der Waals surface area contributed by atoms with E-state index in [0.29, 0.717) is 100 Å². The molecule has 12 rings (SSSR count). The first-order valence-electron chi connectivity index (χ1n) is 33.9. The summed E-state index contributed by atoms with van der Waals surface area (Å²) in [7, 11) is -42.6. The van der Waals surface area contributed by atoms with Gasteiger partial charge in [-0.2, -0.15) is 5.26 Å². The van der Waals surface area contributed by atoms with E-state index < -0.39 is 31.2 Å². The maximum atomic E-state index is 9.87. The fourth-order valence-corrected chi connectivity index (χ4v) is 8.62. The summed E-state index contributed by atoms with van der Waals surface area (Å²) >= 11 is 0. The van der Waals surface area contributed by atoms with E-state index in [2.05, 4.69) is 59.9 Å². The van der Waals surface area contributed by atoms with Crippen molar-refractivity contribution in [2.24, 2.45) is 39.9 Å². The molecule has 0 aromatic carbocycles. The molecule has 0 saturated heterocycles. The molecule has 0 radical (unpaired) electrons. The molecule has 22 nitrogen and oxygen atoms in total. The Balaban J connectivity index is 0.000000689. The molecule has 0 atom stereocenters. The van der Waals surface area contributed by atoms with Crippen molar-refractivity contribution in [3.8, 4) is 6.07 Å². The molecular weight excluding hydrogens is 1810 g/mol. The molecule has 0 amide bonds. The van der Waals surface area contributed by atoms with Crippen molar-refractivity contribution >= 4 is 78.4 Å². The molecule has 118 heavy (non-hydrogen) atoms. The number of hydrogen-bond donors (Lipinski definition) is 0. The van der Waals surface area contributed by atoms with Gasteiger partial charge in [0.2, 0.25) is 47.2 Å². The molecule has 676 valence electrons. The van der Waals surface area contributed by atoms with Gasteiger partial charge in [-0.05, 0) is 173 Å². The van der Waals surface area contributed by atoms with Crippen LogP contribution in [-0.2, 0) is 76.8 Å². The average Bonchev–Trinajstić information content (AvgIpc) is 1.33. The summed E-state index contributed by atoms with van der Waals surface area (Å²) in [4.78, 5) is 54.5. The van der Waals surface area contributed by atoms with E-state index in [1.54, 1.807) is 6.07 Å². The third kappa shape index (κ3) is 52.8. The molecule has 12 heterocycles. The maximum absolute atomic E-state index is 10.7. The van der Waals surface area contributed by atoms with Crippen LogP contribution in [0, 0.1) is 11.3 Å². The van der Waals surface area contributed by atoms with E-state index in [1.807, 2.05) is 197 Å². The molecule has 8 aliphatic rings. The minimum atomic E-state index is -10.7. The van der Waals surface area contributed by atoms with Crippen LogP contribution in [0.2, 0.25) is 0 Å². The van der Waals surface area contributed by atoms with Gasteiger partial charge in [0, 0.05) is 20.1 Å². The normalized spacial score (nSPS) is 21.4. The van der Waals surface area contributed by atoms with Crippen LogP contribution in [0.1, 0.15) is 177 Å². The molecule has 0 bridgehead atoms. The number of nitrogens with zero attached hydrogens (tertiary/aromatic N) is 13. The number of rotatable bonds is 10. The molecule has 4 aromatic rings. The first-order valence-corrected chi connectivity index (χ1v) is 42.0. The Kier molecular flexibility index (Phi) is 32.3. The number of pyridine rings is 4. The van der Waals surface area contributed by atoms with Crippen molar-refractivity contribution in [3.05, 3.63) is 118 Å². The standard InChI is InChI=1S/4C15H19N3O2.C4H10O.C2H3N.4F6P.2Fe/c4*1-14(2)8-19-12(17-14)10-6-5-7-11(16-10)13-18-15(3,4)9-20-13;1-3-5-4-2;1-2-3;4*1-7(2,3,4,5)6;;/h4*5-7H,8-9H2,1-4H3;3-4H2,1-2H3;1H3;;;;;;/q;;;;;;4*-1;2*+2. The molecule has 0 fully saturated rings.